The van der Waals surface area contributed by atoms with Crippen LogP contribution < -0.4 is 10.2 Å². The van der Waals surface area contributed by atoms with Crippen LogP contribution in [0.15, 0.2) is 18.3 Å². The van der Waals surface area contributed by atoms with Gasteiger partial charge in [0.15, 0.2) is 5.82 Å². The van der Waals surface area contributed by atoms with Crippen molar-refractivity contribution in [3.63, 3.8) is 0 Å². The molecule has 1 unspecified atom stereocenters. The summed E-state index contributed by atoms with van der Waals surface area (Å²) in [4.78, 5) is 14.6. The minimum atomic E-state index is -0.250. The number of nitrogens with one attached hydrogen (secondary N) is 1. The summed E-state index contributed by atoms with van der Waals surface area (Å²) < 4.78 is 1.74. The molecule has 0 spiro atoms. The van der Waals surface area contributed by atoms with Gasteiger partial charge in [-0.05, 0) is 39.3 Å². The van der Waals surface area contributed by atoms with Crippen molar-refractivity contribution in [3.8, 4) is 0 Å². The van der Waals surface area contributed by atoms with E-state index in [0.717, 1.165) is 42.3 Å². The van der Waals surface area contributed by atoms with Gasteiger partial charge in [0.05, 0.1) is 23.3 Å². The third-order valence-corrected chi connectivity index (χ3v) is 4.49. The van der Waals surface area contributed by atoms with Crippen molar-refractivity contribution in [3.05, 3.63) is 35.3 Å². The molecule has 128 valence electrons. The van der Waals surface area contributed by atoms with E-state index in [9.17, 15) is 4.79 Å². The first-order valence-corrected chi connectivity index (χ1v) is 8.20. The minimum Gasteiger partial charge on any atom is -0.353 e. The molecule has 0 saturated carbocycles. The van der Waals surface area contributed by atoms with Crippen molar-refractivity contribution >= 4 is 11.7 Å². The zero-order valence-corrected chi connectivity index (χ0v) is 14.7. The summed E-state index contributed by atoms with van der Waals surface area (Å²) in [5, 5.41) is 15.8. The minimum absolute atomic E-state index is 0.0328. The molecule has 3 rings (SSSR count). The van der Waals surface area contributed by atoms with Crippen LogP contribution in [-0.2, 0) is 18.3 Å². The number of aryl methyl sites for hydroxylation is 3. The largest absolute Gasteiger partial charge is 0.353 e. The van der Waals surface area contributed by atoms with Crippen molar-refractivity contribution in [2.45, 2.75) is 39.2 Å². The maximum Gasteiger partial charge on any atom is 0.225 e. The molecule has 0 aliphatic carbocycles. The number of aromatic nitrogens is 4. The molecule has 2 aromatic heterocycles. The van der Waals surface area contributed by atoms with E-state index in [1.165, 1.54) is 0 Å². The van der Waals surface area contributed by atoms with Gasteiger partial charge in [-0.2, -0.15) is 10.2 Å². The third kappa shape index (κ3) is 3.55. The number of carbonyl (C=O) groups is 1. The number of nitrogens with zero attached hydrogens (tertiary/aromatic N) is 5. The van der Waals surface area contributed by atoms with E-state index in [0.29, 0.717) is 6.42 Å². The number of hydrogen-bond donors (Lipinski definition) is 1. The third-order valence-electron chi connectivity index (χ3n) is 4.49. The van der Waals surface area contributed by atoms with E-state index >= 15 is 0 Å². The fourth-order valence-electron chi connectivity index (χ4n) is 3.20. The van der Waals surface area contributed by atoms with E-state index in [1.54, 1.807) is 4.68 Å². The molecule has 24 heavy (non-hydrogen) atoms. The molecule has 2 aromatic rings. The monoisotopic (exact) mass is 328 g/mol. The Morgan fingerprint density at radius 3 is 2.75 bits per heavy atom. The van der Waals surface area contributed by atoms with E-state index in [-0.39, 0.29) is 11.4 Å². The highest BCUT2D eigenvalue weighted by atomic mass is 16.1. The Balaban J connectivity index is 1.61. The van der Waals surface area contributed by atoms with Gasteiger partial charge in [-0.3, -0.25) is 9.48 Å². The van der Waals surface area contributed by atoms with Crippen molar-refractivity contribution < 1.29 is 4.79 Å². The topological polar surface area (TPSA) is 75.9 Å². The van der Waals surface area contributed by atoms with E-state index in [4.69, 9.17) is 0 Å². The molecule has 1 saturated heterocycles. The normalized spacial score (nSPS) is 20.4. The Bertz CT molecular complexity index is 738. The fraction of sp³-hybridized carbons (Fsp3) is 0.529. The second-order valence-electron chi connectivity index (χ2n) is 6.90. The van der Waals surface area contributed by atoms with Gasteiger partial charge in [0.2, 0.25) is 5.91 Å². The van der Waals surface area contributed by atoms with E-state index in [2.05, 4.69) is 32.4 Å². The summed E-state index contributed by atoms with van der Waals surface area (Å²) in [6, 6.07) is 3.94. The average Bonchev–Trinajstić information content (AvgIpc) is 3.02. The lowest BCUT2D eigenvalue weighted by molar-refractivity contribution is -0.122. The van der Waals surface area contributed by atoms with Crippen LogP contribution in [0.5, 0.6) is 0 Å². The quantitative estimate of drug-likeness (QED) is 0.911. The highest BCUT2D eigenvalue weighted by Crippen LogP contribution is 2.25. The summed E-state index contributed by atoms with van der Waals surface area (Å²) in [5.74, 6) is 0.895. The summed E-state index contributed by atoms with van der Waals surface area (Å²) in [6.45, 7) is 7.54. The van der Waals surface area contributed by atoms with Crippen LogP contribution >= 0.6 is 0 Å². The maximum atomic E-state index is 12.4. The smallest absolute Gasteiger partial charge is 0.225 e. The van der Waals surface area contributed by atoms with Gasteiger partial charge in [-0.1, -0.05) is 0 Å². The maximum absolute atomic E-state index is 12.4. The predicted octanol–water partition coefficient (Wildman–Crippen LogP) is 1.15. The molecular weight excluding hydrogens is 304 g/mol. The van der Waals surface area contributed by atoms with Crippen LogP contribution in [0.1, 0.15) is 30.3 Å². The van der Waals surface area contributed by atoms with Crippen LogP contribution in [0.4, 0.5) is 5.82 Å². The second kappa shape index (κ2) is 6.22. The number of carbonyl (C=O) groups excluding carboxylic acids is 1. The zero-order valence-electron chi connectivity index (χ0n) is 14.7. The van der Waals surface area contributed by atoms with E-state index < -0.39 is 0 Å². The predicted molar refractivity (Wildman–Crippen MR) is 91.8 cm³/mol. The van der Waals surface area contributed by atoms with Crippen LogP contribution in [0.25, 0.3) is 0 Å². The second-order valence-corrected chi connectivity index (χ2v) is 6.90. The average molecular weight is 328 g/mol. The highest BCUT2D eigenvalue weighted by molar-refractivity contribution is 5.79. The molecule has 1 atom stereocenters. The molecule has 1 aliphatic heterocycles. The van der Waals surface area contributed by atoms with Gasteiger partial charge in [0.25, 0.3) is 0 Å². The first-order valence-electron chi connectivity index (χ1n) is 8.20. The molecule has 1 fully saturated rings. The van der Waals surface area contributed by atoms with Gasteiger partial charge >= 0.3 is 0 Å². The molecular formula is C17H24N6O. The summed E-state index contributed by atoms with van der Waals surface area (Å²) >= 11 is 0. The van der Waals surface area contributed by atoms with Gasteiger partial charge in [0.1, 0.15) is 0 Å². The van der Waals surface area contributed by atoms with Crippen LogP contribution in [0, 0.1) is 13.8 Å². The first kappa shape index (κ1) is 16.4. The molecule has 1 amide bonds. The van der Waals surface area contributed by atoms with Gasteiger partial charge in [-0.15, -0.1) is 5.10 Å². The highest BCUT2D eigenvalue weighted by Gasteiger charge is 2.35. The lowest BCUT2D eigenvalue weighted by Crippen LogP contribution is -2.48. The van der Waals surface area contributed by atoms with E-state index in [1.807, 2.05) is 39.2 Å². The summed E-state index contributed by atoms with van der Waals surface area (Å²) in [6.07, 6.45) is 3.15. The zero-order chi connectivity index (χ0) is 17.3. The van der Waals surface area contributed by atoms with Gasteiger partial charge < -0.3 is 10.2 Å². The molecule has 0 bridgehead atoms. The lowest BCUT2D eigenvalue weighted by Gasteiger charge is -2.26. The van der Waals surface area contributed by atoms with Crippen molar-refractivity contribution in [2.75, 3.05) is 18.0 Å². The molecule has 0 aromatic carbocycles. The molecule has 3 heterocycles. The number of rotatable bonds is 4. The Hall–Kier alpha value is -2.44. The first-order chi connectivity index (χ1) is 11.3. The molecule has 7 heteroatoms. The number of anilines is 1. The Morgan fingerprint density at radius 1 is 1.33 bits per heavy atom. The Kier molecular flexibility index (Phi) is 4.26. The van der Waals surface area contributed by atoms with Crippen molar-refractivity contribution in [1.29, 1.82) is 0 Å². The summed E-state index contributed by atoms with van der Waals surface area (Å²) in [7, 11) is 1.87. The van der Waals surface area contributed by atoms with Gasteiger partial charge in [0, 0.05) is 31.9 Å². The van der Waals surface area contributed by atoms with Crippen molar-refractivity contribution in [1.82, 2.24) is 25.3 Å². The SMILES string of the molecule is Cc1ccc(N2CCC(C)(NC(=O)Cc3cn(C)nc3C)C2)nn1. The molecule has 1 aliphatic rings. The van der Waals surface area contributed by atoms with Crippen molar-refractivity contribution in [2.24, 2.45) is 7.05 Å². The number of amides is 1. The molecule has 0 radical (unpaired) electrons. The molecule has 1 N–H and O–H groups in total. The van der Waals surface area contributed by atoms with Crippen LogP contribution in [0.3, 0.4) is 0 Å². The Morgan fingerprint density at radius 2 is 2.12 bits per heavy atom. The number of hydrogen-bond acceptors (Lipinski definition) is 5. The Labute approximate surface area is 142 Å². The fourth-order valence-corrected chi connectivity index (χ4v) is 3.20. The van der Waals surface area contributed by atoms with Crippen LogP contribution in [0.2, 0.25) is 0 Å². The molecule has 7 nitrogen and oxygen atoms in total. The summed E-state index contributed by atoms with van der Waals surface area (Å²) in [5.41, 5.74) is 2.53. The lowest BCUT2D eigenvalue weighted by atomic mass is 10.0. The van der Waals surface area contributed by atoms with Gasteiger partial charge in [-0.25, -0.2) is 0 Å². The standard InChI is InChI=1S/C17H24N6O/c1-12-5-6-15(20-19-12)23-8-7-17(3,11-23)18-16(24)9-14-10-22(4)21-13(14)2/h5-6,10H,7-9,11H2,1-4H3,(H,18,24). The van der Waals surface area contributed by atoms with Crippen LogP contribution in [-0.4, -0.2) is 44.5 Å².